The van der Waals surface area contributed by atoms with Crippen molar-refractivity contribution in [1.29, 1.82) is 0 Å². The van der Waals surface area contributed by atoms with Gasteiger partial charge in [-0.2, -0.15) is 0 Å². The van der Waals surface area contributed by atoms with E-state index in [0.717, 1.165) is 28.0 Å². The number of hydrogen-bond donors (Lipinski definition) is 1. The van der Waals surface area contributed by atoms with Crippen LogP contribution >= 0.6 is 35.0 Å². The molecule has 1 N–H and O–H groups in total. The van der Waals surface area contributed by atoms with Gasteiger partial charge in [0.1, 0.15) is 6.61 Å². The first-order valence-corrected chi connectivity index (χ1v) is 12.4. The molecule has 3 atom stereocenters. The first-order chi connectivity index (χ1) is 15.9. The summed E-state index contributed by atoms with van der Waals surface area (Å²) in [5.74, 6) is 0.896. The van der Waals surface area contributed by atoms with Crippen LogP contribution in [0.5, 0.6) is 0 Å². The Bertz CT molecular complexity index is 1220. The van der Waals surface area contributed by atoms with E-state index in [1.165, 1.54) is 5.56 Å². The zero-order valence-corrected chi connectivity index (χ0v) is 20.6. The van der Waals surface area contributed by atoms with Gasteiger partial charge in [0, 0.05) is 46.2 Å². The average Bonchev–Trinajstić information content (AvgIpc) is 3.39. The van der Waals surface area contributed by atoms with Gasteiger partial charge in [0.15, 0.2) is 11.0 Å². The summed E-state index contributed by atoms with van der Waals surface area (Å²) < 4.78 is 1.94. The summed E-state index contributed by atoms with van der Waals surface area (Å²) in [5.41, 5.74) is 3.15. The molecule has 1 saturated carbocycles. The Kier molecular flexibility index (Phi) is 6.04. The normalized spacial score (nSPS) is 22.0. The zero-order chi connectivity index (χ0) is 23.2. The number of allylic oxidation sites excluding steroid dienone is 4. The number of anilines is 1. The second kappa shape index (κ2) is 8.84. The number of nitrogens with zero attached hydrogens (tertiary/aromatic N) is 4. The molecule has 0 spiro atoms. The molecule has 2 aliphatic rings. The summed E-state index contributed by atoms with van der Waals surface area (Å²) >= 11 is 14.1. The molecule has 0 radical (unpaired) electrons. The van der Waals surface area contributed by atoms with Gasteiger partial charge in [-0.3, -0.25) is 4.57 Å². The van der Waals surface area contributed by atoms with Crippen molar-refractivity contribution in [3.63, 3.8) is 0 Å². The molecule has 5 nitrogen and oxygen atoms in total. The SMILES string of the molecule is CN(C)c1ccc(-n2c(CO)nnc2SC(c2ccc(Cl)cc2)[C@]23C=CC(Cl)=CC2C3)cc1. The summed E-state index contributed by atoms with van der Waals surface area (Å²) in [6.45, 7) is -0.194. The van der Waals surface area contributed by atoms with Crippen molar-refractivity contribution in [3.8, 4) is 5.69 Å². The van der Waals surface area contributed by atoms with E-state index in [0.29, 0.717) is 16.8 Å². The van der Waals surface area contributed by atoms with Gasteiger partial charge >= 0.3 is 0 Å². The predicted octanol–water partition coefficient (Wildman–Crippen LogP) is 6.01. The fourth-order valence-electron chi connectivity index (χ4n) is 4.47. The van der Waals surface area contributed by atoms with Gasteiger partial charge in [0.25, 0.3) is 0 Å². The summed E-state index contributed by atoms with van der Waals surface area (Å²) in [4.78, 5) is 2.05. The zero-order valence-electron chi connectivity index (χ0n) is 18.3. The highest BCUT2D eigenvalue weighted by Gasteiger charge is 2.58. The molecule has 170 valence electrons. The van der Waals surface area contributed by atoms with Crippen LogP contribution in [0.15, 0.2) is 76.9 Å². The molecule has 0 saturated heterocycles. The van der Waals surface area contributed by atoms with Gasteiger partial charge in [-0.25, -0.2) is 0 Å². The van der Waals surface area contributed by atoms with Gasteiger partial charge in [-0.1, -0.05) is 59.2 Å². The summed E-state index contributed by atoms with van der Waals surface area (Å²) in [5, 5.41) is 21.1. The third-order valence-corrected chi connectivity index (χ3v) is 8.29. The number of aliphatic hydroxyl groups is 1. The predicted molar refractivity (Wildman–Crippen MR) is 135 cm³/mol. The largest absolute Gasteiger partial charge is 0.388 e. The van der Waals surface area contributed by atoms with E-state index in [4.69, 9.17) is 23.2 Å². The fourth-order valence-corrected chi connectivity index (χ4v) is 6.29. The average molecular weight is 499 g/mol. The number of thioether (sulfide) groups is 1. The van der Waals surface area contributed by atoms with Crippen LogP contribution in [-0.4, -0.2) is 34.0 Å². The minimum atomic E-state index is -0.194. The van der Waals surface area contributed by atoms with Gasteiger partial charge in [-0.15, -0.1) is 10.2 Å². The maximum absolute atomic E-state index is 9.97. The van der Waals surface area contributed by atoms with E-state index >= 15 is 0 Å². The van der Waals surface area contributed by atoms with Crippen LogP contribution < -0.4 is 4.90 Å². The fraction of sp³-hybridized carbons (Fsp3) is 0.280. The molecule has 1 heterocycles. The molecular weight excluding hydrogens is 475 g/mol. The number of aromatic nitrogens is 3. The Morgan fingerprint density at radius 2 is 1.85 bits per heavy atom. The smallest absolute Gasteiger partial charge is 0.196 e. The maximum Gasteiger partial charge on any atom is 0.196 e. The number of fused-ring (bicyclic) bond motifs is 1. The third-order valence-electron chi connectivity index (χ3n) is 6.37. The van der Waals surface area contributed by atoms with Crippen LogP contribution in [-0.2, 0) is 6.61 Å². The highest BCUT2D eigenvalue weighted by atomic mass is 35.5. The Hall–Kier alpha value is -2.25. The van der Waals surface area contributed by atoms with E-state index in [1.807, 2.05) is 61.1 Å². The number of rotatable bonds is 7. The Labute approximate surface area is 207 Å². The summed E-state index contributed by atoms with van der Waals surface area (Å²) in [7, 11) is 4.02. The first kappa shape index (κ1) is 22.5. The minimum absolute atomic E-state index is 0.0399. The van der Waals surface area contributed by atoms with Crippen LogP contribution in [0.25, 0.3) is 5.69 Å². The molecule has 5 rings (SSSR count). The molecule has 0 aliphatic heterocycles. The number of benzene rings is 2. The van der Waals surface area contributed by atoms with Crippen molar-refractivity contribution in [2.75, 3.05) is 19.0 Å². The maximum atomic E-state index is 9.97. The quantitative estimate of drug-likeness (QED) is 0.404. The lowest BCUT2D eigenvalue weighted by Crippen LogP contribution is -2.14. The van der Waals surface area contributed by atoms with E-state index in [1.54, 1.807) is 11.8 Å². The molecule has 2 aliphatic carbocycles. The molecule has 2 unspecified atom stereocenters. The minimum Gasteiger partial charge on any atom is -0.388 e. The topological polar surface area (TPSA) is 54.2 Å². The van der Waals surface area contributed by atoms with Crippen LogP contribution in [0.3, 0.4) is 0 Å². The lowest BCUT2D eigenvalue weighted by molar-refractivity contribution is 0.268. The van der Waals surface area contributed by atoms with Gasteiger partial charge in [0.05, 0.1) is 0 Å². The van der Waals surface area contributed by atoms with Crippen molar-refractivity contribution in [1.82, 2.24) is 14.8 Å². The van der Waals surface area contributed by atoms with Crippen molar-refractivity contribution >= 4 is 40.7 Å². The molecule has 1 aromatic heterocycles. The van der Waals surface area contributed by atoms with Crippen molar-refractivity contribution in [2.24, 2.45) is 11.3 Å². The lowest BCUT2D eigenvalue weighted by Gasteiger charge is -2.27. The molecule has 0 amide bonds. The highest BCUT2D eigenvalue weighted by molar-refractivity contribution is 7.99. The van der Waals surface area contributed by atoms with Gasteiger partial charge in [0.2, 0.25) is 0 Å². The van der Waals surface area contributed by atoms with Crippen LogP contribution in [0.1, 0.15) is 23.1 Å². The van der Waals surface area contributed by atoms with Crippen molar-refractivity contribution in [2.45, 2.75) is 23.4 Å². The second-order valence-corrected chi connectivity index (χ2v) is 10.6. The molecule has 1 fully saturated rings. The van der Waals surface area contributed by atoms with Gasteiger partial charge in [-0.05, 0) is 60.4 Å². The lowest BCUT2D eigenvalue weighted by atomic mass is 9.90. The standard InChI is InChI=1S/C25H24Cl2N4OS/c1-30(2)20-7-9-21(10-8-20)31-22(15-32)28-29-24(31)33-23(16-3-5-18(26)6-4-16)25-12-11-19(27)13-17(25)14-25/h3-13,17,23,32H,14-15H2,1-2H3/t17?,23?,25-/m0/s1. The molecule has 0 bridgehead atoms. The van der Waals surface area contributed by atoms with E-state index < -0.39 is 0 Å². The summed E-state index contributed by atoms with van der Waals surface area (Å²) in [6, 6.07) is 16.2. The van der Waals surface area contributed by atoms with E-state index in [9.17, 15) is 5.11 Å². The monoisotopic (exact) mass is 498 g/mol. The van der Waals surface area contributed by atoms with Gasteiger partial charge < -0.3 is 10.0 Å². The summed E-state index contributed by atoms with van der Waals surface area (Å²) in [6.07, 6.45) is 7.41. The molecule has 8 heteroatoms. The Morgan fingerprint density at radius 3 is 2.48 bits per heavy atom. The molecule has 3 aromatic rings. The Balaban J connectivity index is 1.55. The third kappa shape index (κ3) is 4.21. The van der Waals surface area contributed by atoms with Crippen LogP contribution in [0.4, 0.5) is 5.69 Å². The van der Waals surface area contributed by atoms with Crippen molar-refractivity contribution in [3.05, 3.63) is 88.2 Å². The number of halogens is 2. The number of aliphatic hydroxyl groups excluding tert-OH is 1. The molecule has 33 heavy (non-hydrogen) atoms. The first-order valence-electron chi connectivity index (χ1n) is 10.7. The van der Waals surface area contributed by atoms with Crippen LogP contribution in [0.2, 0.25) is 5.02 Å². The van der Waals surface area contributed by atoms with E-state index in [-0.39, 0.29) is 17.3 Å². The van der Waals surface area contributed by atoms with Crippen LogP contribution in [0, 0.1) is 11.3 Å². The van der Waals surface area contributed by atoms with E-state index in [2.05, 4.69) is 39.4 Å². The highest BCUT2D eigenvalue weighted by Crippen LogP contribution is 2.68. The second-order valence-electron chi connectivity index (χ2n) is 8.66. The number of hydrogen-bond acceptors (Lipinski definition) is 5. The molecule has 2 aromatic carbocycles. The molecular formula is C25H24Cl2N4OS. The Morgan fingerprint density at radius 1 is 1.12 bits per heavy atom. The van der Waals surface area contributed by atoms with Crippen molar-refractivity contribution < 1.29 is 5.11 Å².